The fourth-order valence-corrected chi connectivity index (χ4v) is 3.51. The summed E-state index contributed by atoms with van der Waals surface area (Å²) in [6.07, 6.45) is 1.73. The van der Waals surface area contributed by atoms with Crippen LogP contribution in [0, 0.1) is 13.8 Å². The van der Waals surface area contributed by atoms with Gasteiger partial charge in [-0.15, -0.1) is 0 Å². The van der Waals surface area contributed by atoms with Crippen LogP contribution >= 0.6 is 0 Å². The molecule has 6 heteroatoms. The zero-order valence-electron chi connectivity index (χ0n) is 14.3. The maximum absolute atomic E-state index is 12.0. The van der Waals surface area contributed by atoms with Gasteiger partial charge in [0.25, 0.3) is 0 Å². The molecule has 0 aliphatic heterocycles. The Bertz CT molecular complexity index is 817. The van der Waals surface area contributed by atoms with E-state index < -0.39 is 9.84 Å². The van der Waals surface area contributed by atoms with Gasteiger partial charge < -0.3 is 14.6 Å². The van der Waals surface area contributed by atoms with Crippen LogP contribution in [0.25, 0.3) is 0 Å². The fraction of sp³-hybridized carbons (Fsp3) is 0.333. The summed E-state index contributed by atoms with van der Waals surface area (Å²) < 4.78 is 34.3. The third-order valence-electron chi connectivity index (χ3n) is 3.80. The number of sulfone groups is 1. The van der Waals surface area contributed by atoms with E-state index in [0.29, 0.717) is 6.42 Å². The maximum atomic E-state index is 12.0. The van der Waals surface area contributed by atoms with Gasteiger partial charge in [0, 0.05) is 13.4 Å². The second-order valence-electron chi connectivity index (χ2n) is 5.84. The smallest absolute Gasteiger partial charge is 0.188 e. The van der Waals surface area contributed by atoms with Gasteiger partial charge in [-0.05, 0) is 66.8 Å². The molecule has 0 saturated carbocycles. The first-order chi connectivity index (χ1) is 11.2. The summed E-state index contributed by atoms with van der Waals surface area (Å²) in [6.45, 7) is 3.84. The molecular weight excluding hydrogens is 328 g/mol. The number of ether oxygens (including phenoxy) is 2. The third-order valence-corrected chi connectivity index (χ3v) is 4.92. The van der Waals surface area contributed by atoms with Gasteiger partial charge in [0.2, 0.25) is 0 Å². The molecule has 0 aliphatic rings. The Hall–Kier alpha value is -2.05. The second kappa shape index (κ2) is 7.23. The Morgan fingerprint density at radius 3 is 2.25 bits per heavy atom. The lowest BCUT2D eigenvalue weighted by Crippen LogP contribution is -2.06. The van der Waals surface area contributed by atoms with E-state index in [1.165, 1.54) is 7.11 Å². The molecule has 2 aromatic rings. The van der Waals surface area contributed by atoms with E-state index in [2.05, 4.69) is 0 Å². The van der Waals surface area contributed by atoms with E-state index in [4.69, 9.17) is 9.47 Å². The molecule has 0 unspecified atom stereocenters. The number of hydrogen-bond donors (Lipinski definition) is 1. The molecule has 1 N–H and O–H groups in total. The van der Waals surface area contributed by atoms with Crippen LogP contribution in [0.4, 0.5) is 0 Å². The van der Waals surface area contributed by atoms with Crippen molar-refractivity contribution in [2.45, 2.75) is 25.2 Å². The summed E-state index contributed by atoms with van der Waals surface area (Å²) in [4.78, 5) is 0.145. The van der Waals surface area contributed by atoms with Gasteiger partial charge in [-0.25, -0.2) is 8.42 Å². The number of methoxy groups -OCH3 is 1. The number of phenolic OH excluding ortho intramolecular Hbond substituents is 1. The first kappa shape index (κ1) is 18.3. The van der Waals surface area contributed by atoms with E-state index in [9.17, 15) is 13.5 Å². The molecule has 0 saturated heterocycles. The zero-order chi connectivity index (χ0) is 17.9. The molecule has 130 valence electrons. The van der Waals surface area contributed by atoms with Gasteiger partial charge in [-0.3, -0.25) is 0 Å². The van der Waals surface area contributed by atoms with Crippen molar-refractivity contribution in [3.05, 3.63) is 52.6 Å². The van der Waals surface area contributed by atoms with Crippen LogP contribution in [0.2, 0.25) is 0 Å². The van der Waals surface area contributed by atoms with Crippen LogP contribution in [0.1, 0.15) is 22.3 Å². The first-order valence-corrected chi connectivity index (χ1v) is 9.35. The molecule has 0 bridgehead atoms. The van der Waals surface area contributed by atoms with Crippen molar-refractivity contribution in [1.82, 2.24) is 0 Å². The SMILES string of the molecule is COCOc1ccc(Cc2c(C)cc(O)cc2C)cc1S(C)(=O)=O. The van der Waals surface area contributed by atoms with Crippen LogP contribution in [0.3, 0.4) is 0 Å². The molecule has 0 amide bonds. The number of aromatic hydroxyl groups is 1. The van der Waals surface area contributed by atoms with E-state index in [1.807, 2.05) is 19.9 Å². The zero-order valence-corrected chi connectivity index (χ0v) is 15.1. The van der Waals surface area contributed by atoms with Gasteiger partial charge in [0.1, 0.15) is 16.4 Å². The predicted octanol–water partition coefficient (Wildman–Crippen LogP) is 2.99. The Morgan fingerprint density at radius 2 is 1.71 bits per heavy atom. The highest BCUT2D eigenvalue weighted by atomic mass is 32.2. The lowest BCUT2D eigenvalue weighted by Gasteiger charge is -2.14. The van der Waals surface area contributed by atoms with Crippen LogP contribution < -0.4 is 4.74 Å². The summed E-state index contributed by atoms with van der Waals surface area (Å²) in [7, 11) is -1.95. The van der Waals surface area contributed by atoms with Crippen molar-refractivity contribution in [2.24, 2.45) is 0 Å². The lowest BCUT2D eigenvalue weighted by atomic mass is 9.96. The molecular formula is C18H22O5S. The molecule has 24 heavy (non-hydrogen) atoms. The van der Waals surface area contributed by atoms with Crippen LogP contribution in [0.5, 0.6) is 11.5 Å². The van der Waals surface area contributed by atoms with Gasteiger partial charge in [-0.1, -0.05) is 6.07 Å². The standard InChI is InChI=1S/C18H22O5S/c1-12-7-15(19)8-13(2)16(12)9-14-5-6-17(23-11-22-3)18(10-14)24(4,20)21/h5-8,10,19H,9,11H2,1-4H3. The minimum Gasteiger partial charge on any atom is -0.508 e. The summed E-state index contributed by atoms with van der Waals surface area (Å²) in [6, 6.07) is 8.53. The van der Waals surface area contributed by atoms with Crippen LogP contribution in [-0.4, -0.2) is 33.7 Å². The molecule has 0 spiro atoms. The minimum absolute atomic E-state index is 0.0158. The fourth-order valence-electron chi connectivity index (χ4n) is 2.65. The van der Waals surface area contributed by atoms with E-state index in [-0.39, 0.29) is 23.2 Å². The Balaban J connectivity index is 2.42. The van der Waals surface area contributed by atoms with E-state index >= 15 is 0 Å². The van der Waals surface area contributed by atoms with Gasteiger partial charge in [0.15, 0.2) is 16.6 Å². The highest BCUT2D eigenvalue weighted by Gasteiger charge is 2.16. The van der Waals surface area contributed by atoms with Crippen molar-refractivity contribution in [3.63, 3.8) is 0 Å². The summed E-state index contributed by atoms with van der Waals surface area (Å²) in [5.74, 6) is 0.510. The monoisotopic (exact) mass is 350 g/mol. The van der Waals surface area contributed by atoms with E-state index in [1.54, 1.807) is 24.3 Å². The number of benzene rings is 2. The normalized spacial score (nSPS) is 11.5. The van der Waals surface area contributed by atoms with Crippen molar-refractivity contribution in [2.75, 3.05) is 20.2 Å². The quantitative estimate of drug-likeness (QED) is 0.811. The average Bonchev–Trinajstić information content (AvgIpc) is 2.48. The molecule has 0 atom stereocenters. The van der Waals surface area contributed by atoms with Crippen LogP contribution in [-0.2, 0) is 21.0 Å². The second-order valence-corrected chi connectivity index (χ2v) is 7.82. The Morgan fingerprint density at radius 1 is 1.08 bits per heavy atom. The Labute approximate surface area is 142 Å². The third kappa shape index (κ3) is 4.27. The molecule has 2 aromatic carbocycles. The van der Waals surface area contributed by atoms with Crippen LogP contribution in [0.15, 0.2) is 35.2 Å². The van der Waals surface area contributed by atoms with Crippen molar-refractivity contribution in [3.8, 4) is 11.5 Å². The lowest BCUT2D eigenvalue weighted by molar-refractivity contribution is 0.0490. The van der Waals surface area contributed by atoms with Crippen molar-refractivity contribution < 1.29 is 23.0 Å². The van der Waals surface area contributed by atoms with Crippen molar-refractivity contribution in [1.29, 1.82) is 0 Å². The number of hydrogen-bond acceptors (Lipinski definition) is 5. The number of phenols is 1. The molecule has 0 radical (unpaired) electrons. The van der Waals surface area contributed by atoms with Gasteiger partial charge >= 0.3 is 0 Å². The molecule has 0 aliphatic carbocycles. The van der Waals surface area contributed by atoms with Gasteiger partial charge in [0.05, 0.1) is 0 Å². The van der Waals surface area contributed by atoms with Crippen molar-refractivity contribution >= 4 is 9.84 Å². The molecule has 0 aromatic heterocycles. The number of rotatable bonds is 6. The molecule has 2 rings (SSSR count). The molecule has 0 fully saturated rings. The molecule has 0 heterocycles. The average molecular weight is 350 g/mol. The summed E-state index contributed by atoms with van der Waals surface area (Å²) in [5.41, 5.74) is 3.86. The number of aryl methyl sites for hydroxylation is 2. The summed E-state index contributed by atoms with van der Waals surface area (Å²) >= 11 is 0. The molecule has 5 nitrogen and oxygen atoms in total. The van der Waals surface area contributed by atoms with E-state index in [0.717, 1.165) is 28.5 Å². The minimum atomic E-state index is -3.43. The Kier molecular flexibility index (Phi) is 5.51. The highest BCUT2D eigenvalue weighted by molar-refractivity contribution is 7.90. The highest BCUT2D eigenvalue weighted by Crippen LogP contribution is 2.28. The first-order valence-electron chi connectivity index (χ1n) is 7.46. The maximum Gasteiger partial charge on any atom is 0.188 e. The predicted molar refractivity (Wildman–Crippen MR) is 92.4 cm³/mol. The topological polar surface area (TPSA) is 72.8 Å². The summed E-state index contributed by atoms with van der Waals surface area (Å²) in [5, 5.41) is 9.65. The largest absolute Gasteiger partial charge is 0.508 e. The van der Waals surface area contributed by atoms with Gasteiger partial charge in [-0.2, -0.15) is 0 Å².